The van der Waals surface area contributed by atoms with Crippen LogP contribution in [0.25, 0.3) is 0 Å². The molecule has 0 spiro atoms. The molecule has 4 rings (SSSR count). The van der Waals surface area contributed by atoms with Gasteiger partial charge in [0.25, 0.3) is 0 Å². The van der Waals surface area contributed by atoms with E-state index in [4.69, 9.17) is 9.57 Å². The van der Waals surface area contributed by atoms with E-state index in [0.29, 0.717) is 18.6 Å². The molecule has 0 radical (unpaired) electrons. The van der Waals surface area contributed by atoms with Gasteiger partial charge < -0.3 is 9.57 Å². The van der Waals surface area contributed by atoms with E-state index < -0.39 is 17.2 Å². The van der Waals surface area contributed by atoms with Crippen LogP contribution in [-0.2, 0) is 15.1 Å². The van der Waals surface area contributed by atoms with E-state index in [1.807, 2.05) is 6.92 Å². The van der Waals surface area contributed by atoms with Crippen LogP contribution in [0.5, 0.6) is 0 Å². The van der Waals surface area contributed by atoms with Crippen LogP contribution < -0.4 is 5.48 Å². The smallest absolute Gasteiger partial charge is 0.131 e. The molecule has 0 amide bonds. The van der Waals surface area contributed by atoms with Crippen molar-refractivity contribution in [2.75, 3.05) is 13.2 Å². The highest BCUT2D eigenvalue weighted by molar-refractivity contribution is 5.30. The number of aromatic nitrogens is 2. The Labute approximate surface area is 138 Å². The lowest BCUT2D eigenvalue weighted by Gasteiger charge is -2.40. The van der Waals surface area contributed by atoms with Crippen LogP contribution in [-0.4, -0.2) is 23.2 Å². The van der Waals surface area contributed by atoms with Crippen molar-refractivity contribution in [3.05, 3.63) is 59.2 Å². The molecule has 5 nitrogen and oxygen atoms in total. The van der Waals surface area contributed by atoms with Gasteiger partial charge in [-0.05, 0) is 19.4 Å². The first-order valence-corrected chi connectivity index (χ1v) is 7.83. The maximum atomic E-state index is 14.3. The molecule has 2 aliphatic heterocycles. The summed E-state index contributed by atoms with van der Waals surface area (Å²) in [6.45, 7) is 2.51. The lowest BCUT2D eigenvalue weighted by Crippen LogP contribution is -2.50. The molecule has 0 unspecified atom stereocenters. The molecule has 2 saturated heterocycles. The number of ether oxygens (including phenoxy) is 1. The molecule has 3 atom stereocenters. The predicted molar refractivity (Wildman–Crippen MR) is 80.7 cm³/mol. The van der Waals surface area contributed by atoms with Crippen LogP contribution in [0.3, 0.4) is 0 Å². The van der Waals surface area contributed by atoms with Gasteiger partial charge in [-0.1, -0.05) is 6.07 Å². The average molecular weight is 333 g/mol. The number of nitrogens with one attached hydrogen (secondary N) is 1. The number of fused-ring (bicyclic) bond motifs is 1. The van der Waals surface area contributed by atoms with Crippen LogP contribution in [0.15, 0.2) is 30.6 Å². The maximum Gasteiger partial charge on any atom is 0.131 e. The molecular formula is C17H17F2N3O2. The molecule has 3 heterocycles. The minimum atomic E-state index is -0.813. The molecule has 2 aromatic rings. The summed E-state index contributed by atoms with van der Waals surface area (Å²) < 4.78 is 33.5. The second kappa shape index (κ2) is 5.84. The van der Waals surface area contributed by atoms with Crippen molar-refractivity contribution in [3.8, 4) is 0 Å². The normalized spacial score (nSPS) is 29.5. The summed E-state index contributed by atoms with van der Waals surface area (Å²) in [6.07, 6.45) is 3.79. The van der Waals surface area contributed by atoms with Gasteiger partial charge in [-0.2, -0.15) is 5.48 Å². The van der Waals surface area contributed by atoms with Crippen LogP contribution in [0.1, 0.15) is 29.5 Å². The number of rotatable bonds is 2. The van der Waals surface area contributed by atoms with Crippen molar-refractivity contribution in [1.82, 2.24) is 15.4 Å². The average Bonchev–Trinajstić information content (AvgIpc) is 2.99. The third-order valence-electron chi connectivity index (χ3n) is 4.79. The molecule has 0 saturated carbocycles. The zero-order valence-electron chi connectivity index (χ0n) is 13.1. The van der Waals surface area contributed by atoms with Crippen LogP contribution in [0.4, 0.5) is 8.78 Å². The number of nitrogens with zero attached hydrogens (tertiary/aromatic N) is 2. The Bertz CT molecular complexity index is 756. The number of aryl methyl sites for hydroxylation is 1. The van der Waals surface area contributed by atoms with Crippen LogP contribution >= 0.6 is 0 Å². The number of halogens is 2. The summed E-state index contributed by atoms with van der Waals surface area (Å²) in [4.78, 5) is 14.0. The first-order valence-electron chi connectivity index (χ1n) is 7.83. The van der Waals surface area contributed by atoms with Gasteiger partial charge in [0.2, 0.25) is 0 Å². The molecule has 7 heteroatoms. The molecule has 1 aromatic heterocycles. The molecule has 2 fully saturated rings. The first kappa shape index (κ1) is 15.6. The van der Waals surface area contributed by atoms with Gasteiger partial charge in [0.05, 0.1) is 36.3 Å². The van der Waals surface area contributed by atoms with Gasteiger partial charge in [0.1, 0.15) is 17.7 Å². The van der Waals surface area contributed by atoms with E-state index >= 15 is 0 Å². The molecule has 1 aromatic carbocycles. The van der Waals surface area contributed by atoms with Crippen molar-refractivity contribution in [3.63, 3.8) is 0 Å². The van der Waals surface area contributed by atoms with E-state index in [-0.39, 0.29) is 18.6 Å². The summed E-state index contributed by atoms with van der Waals surface area (Å²) in [7, 11) is 0. The van der Waals surface area contributed by atoms with Crippen molar-refractivity contribution < 1.29 is 18.4 Å². The minimum absolute atomic E-state index is 0.0145. The summed E-state index contributed by atoms with van der Waals surface area (Å²) in [6, 6.07) is 3.59. The third kappa shape index (κ3) is 2.49. The number of hydrogen-bond donors (Lipinski definition) is 1. The standard InChI is InChI=1S/C17H17F2N3O2/c1-10-6-21-15(7-20-10)16-4-11-8-24-22-17(11,9-23-16)13-3-2-12(18)5-14(13)19/h2-3,5-7,11,16,22H,4,8-9H2,1H3/t11-,16+,17-/m0/s1. The summed E-state index contributed by atoms with van der Waals surface area (Å²) >= 11 is 0. The Balaban J connectivity index is 1.63. The minimum Gasteiger partial charge on any atom is -0.369 e. The van der Waals surface area contributed by atoms with Gasteiger partial charge in [0, 0.05) is 23.7 Å². The van der Waals surface area contributed by atoms with Crippen molar-refractivity contribution in [2.24, 2.45) is 5.92 Å². The SMILES string of the molecule is Cc1cnc([C@H]2C[C@H]3CON[C@@]3(c3ccc(F)cc3F)CO2)cn1. The van der Waals surface area contributed by atoms with Gasteiger partial charge in [-0.3, -0.25) is 9.97 Å². The van der Waals surface area contributed by atoms with Crippen molar-refractivity contribution >= 4 is 0 Å². The van der Waals surface area contributed by atoms with E-state index in [1.54, 1.807) is 12.4 Å². The largest absolute Gasteiger partial charge is 0.369 e. The summed E-state index contributed by atoms with van der Waals surface area (Å²) in [5.41, 5.74) is 4.04. The number of hydrogen-bond acceptors (Lipinski definition) is 5. The first-order chi connectivity index (χ1) is 11.6. The van der Waals surface area contributed by atoms with Crippen molar-refractivity contribution in [2.45, 2.75) is 25.0 Å². The molecule has 24 heavy (non-hydrogen) atoms. The summed E-state index contributed by atoms with van der Waals surface area (Å²) in [5.74, 6) is -1.22. The Morgan fingerprint density at radius 3 is 2.88 bits per heavy atom. The lowest BCUT2D eigenvalue weighted by molar-refractivity contribution is -0.0726. The van der Waals surface area contributed by atoms with E-state index in [9.17, 15) is 8.78 Å². The van der Waals surface area contributed by atoms with Gasteiger partial charge in [-0.15, -0.1) is 0 Å². The second-order valence-electron chi connectivity index (χ2n) is 6.32. The quantitative estimate of drug-likeness (QED) is 0.915. The molecule has 0 bridgehead atoms. The van der Waals surface area contributed by atoms with Crippen molar-refractivity contribution in [1.29, 1.82) is 0 Å². The third-order valence-corrected chi connectivity index (χ3v) is 4.79. The van der Waals surface area contributed by atoms with E-state index in [0.717, 1.165) is 17.5 Å². The number of benzene rings is 1. The lowest BCUT2D eigenvalue weighted by atomic mass is 9.75. The van der Waals surface area contributed by atoms with Gasteiger partial charge in [0.15, 0.2) is 0 Å². The van der Waals surface area contributed by atoms with E-state index in [1.165, 1.54) is 12.1 Å². The maximum absolute atomic E-state index is 14.3. The number of hydroxylamine groups is 1. The van der Waals surface area contributed by atoms with Gasteiger partial charge >= 0.3 is 0 Å². The second-order valence-corrected chi connectivity index (χ2v) is 6.32. The molecule has 0 aliphatic carbocycles. The monoisotopic (exact) mass is 333 g/mol. The van der Waals surface area contributed by atoms with Crippen LogP contribution in [0.2, 0.25) is 0 Å². The Morgan fingerprint density at radius 2 is 2.12 bits per heavy atom. The molecular weight excluding hydrogens is 316 g/mol. The Morgan fingerprint density at radius 1 is 1.25 bits per heavy atom. The molecule has 1 N–H and O–H groups in total. The molecule has 126 valence electrons. The fourth-order valence-corrected chi connectivity index (χ4v) is 3.45. The Hall–Kier alpha value is -1.96. The summed E-state index contributed by atoms with van der Waals surface area (Å²) in [5, 5.41) is 0. The highest BCUT2D eigenvalue weighted by Gasteiger charge is 2.51. The highest BCUT2D eigenvalue weighted by Crippen LogP contribution is 2.45. The molecule has 2 aliphatic rings. The topological polar surface area (TPSA) is 56.3 Å². The predicted octanol–water partition coefficient (Wildman–Crippen LogP) is 2.57. The zero-order chi connectivity index (χ0) is 16.7. The Kier molecular flexibility index (Phi) is 3.79. The fraction of sp³-hybridized carbons (Fsp3) is 0.412. The highest BCUT2D eigenvalue weighted by atomic mass is 19.1. The van der Waals surface area contributed by atoms with E-state index in [2.05, 4.69) is 15.4 Å². The van der Waals surface area contributed by atoms with Gasteiger partial charge in [-0.25, -0.2) is 8.78 Å². The fourth-order valence-electron chi connectivity index (χ4n) is 3.45. The van der Waals surface area contributed by atoms with Crippen LogP contribution in [0, 0.1) is 24.5 Å². The zero-order valence-corrected chi connectivity index (χ0v) is 13.1.